The lowest BCUT2D eigenvalue weighted by Gasteiger charge is -2.08. The minimum Gasteiger partial charge on any atom is -0.394 e. The molecule has 0 saturated carbocycles. The number of hydrogen-bond acceptors (Lipinski definition) is 3. The first-order chi connectivity index (χ1) is 6.81. The number of fused-ring (bicyclic) bond motifs is 1. The van der Waals surface area contributed by atoms with E-state index in [0.29, 0.717) is 0 Å². The highest BCUT2D eigenvalue weighted by molar-refractivity contribution is 5.79. The van der Waals surface area contributed by atoms with Crippen molar-refractivity contribution in [2.45, 2.75) is 6.04 Å². The molecule has 2 aromatic rings. The molecule has 1 atom stereocenters. The molecule has 2 rings (SSSR count). The maximum Gasteiger partial charge on any atom is 0.0702 e. The highest BCUT2D eigenvalue weighted by Crippen LogP contribution is 2.17. The zero-order valence-corrected chi connectivity index (χ0v) is 7.72. The molecule has 0 fully saturated rings. The van der Waals surface area contributed by atoms with E-state index >= 15 is 0 Å². The highest BCUT2D eigenvalue weighted by Gasteiger charge is 2.04. The van der Waals surface area contributed by atoms with Gasteiger partial charge in [-0.05, 0) is 23.8 Å². The fourth-order valence-electron chi connectivity index (χ4n) is 1.43. The Morgan fingerprint density at radius 1 is 1.36 bits per heavy atom. The van der Waals surface area contributed by atoms with Crippen LogP contribution >= 0.6 is 0 Å². The Morgan fingerprint density at radius 2 is 2.21 bits per heavy atom. The van der Waals surface area contributed by atoms with E-state index in [2.05, 4.69) is 4.98 Å². The van der Waals surface area contributed by atoms with E-state index in [1.807, 2.05) is 30.3 Å². The topological polar surface area (TPSA) is 59.1 Å². The maximum atomic E-state index is 8.92. The predicted octanol–water partition coefficient (Wildman–Crippen LogP) is 1.23. The van der Waals surface area contributed by atoms with Crippen molar-refractivity contribution in [3.63, 3.8) is 0 Å². The second kappa shape index (κ2) is 3.74. The molecule has 72 valence electrons. The van der Waals surface area contributed by atoms with Crippen LogP contribution in [0.5, 0.6) is 0 Å². The second-order valence-electron chi connectivity index (χ2n) is 3.24. The first-order valence-electron chi connectivity index (χ1n) is 4.52. The molecule has 0 amide bonds. The number of pyridine rings is 1. The van der Waals surface area contributed by atoms with Gasteiger partial charge >= 0.3 is 0 Å². The van der Waals surface area contributed by atoms with Crippen molar-refractivity contribution in [2.24, 2.45) is 5.73 Å². The Morgan fingerprint density at radius 3 is 3.00 bits per heavy atom. The lowest BCUT2D eigenvalue weighted by molar-refractivity contribution is 0.268. The predicted molar refractivity (Wildman–Crippen MR) is 55.8 cm³/mol. The van der Waals surface area contributed by atoms with Gasteiger partial charge in [0.1, 0.15) is 0 Å². The second-order valence-corrected chi connectivity index (χ2v) is 3.24. The largest absolute Gasteiger partial charge is 0.394 e. The summed E-state index contributed by atoms with van der Waals surface area (Å²) in [6.07, 6.45) is 1.76. The number of hydrogen-bond donors (Lipinski definition) is 2. The van der Waals surface area contributed by atoms with Gasteiger partial charge in [0.2, 0.25) is 0 Å². The molecule has 0 bridgehead atoms. The van der Waals surface area contributed by atoms with E-state index in [-0.39, 0.29) is 12.6 Å². The molecule has 0 aliphatic heterocycles. The molecule has 1 aromatic heterocycles. The van der Waals surface area contributed by atoms with Crippen molar-refractivity contribution >= 4 is 10.9 Å². The Kier molecular flexibility index (Phi) is 2.43. The van der Waals surface area contributed by atoms with E-state index < -0.39 is 0 Å². The first kappa shape index (κ1) is 9.12. The summed E-state index contributed by atoms with van der Waals surface area (Å²) in [5.41, 5.74) is 7.60. The van der Waals surface area contributed by atoms with Crippen molar-refractivity contribution in [1.29, 1.82) is 0 Å². The van der Waals surface area contributed by atoms with Gasteiger partial charge in [0.15, 0.2) is 0 Å². The summed E-state index contributed by atoms with van der Waals surface area (Å²) in [4.78, 5) is 4.20. The molecule has 3 heteroatoms. The fraction of sp³-hybridized carbons (Fsp3) is 0.182. The minimum atomic E-state index is -0.306. The third-order valence-corrected chi connectivity index (χ3v) is 2.25. The number of aliphatic hydroxyl groups excluding tert-OH is 1. The molecular formula is C11H12N2O. The Bertz CT molecular complexity index is 442. The van der Waals surface area contributed by atoms with E-state index in [1.54, 1.807) is 6.20 Å². The van der Waals surface area contributed by atoms with Crippen molar-refractivity contribution in [3.05, 3.63) is 42.1 Å². The molecule has 14 heavy (non-hydrogen) atoms. The average Bonchev–Trinajstić information content (AvgIpc) is 2.27. The van der Waals surface area contributed by atoms with Crippen molar-refractivity contribution in [2.75, 3.05) is 6.61 Å². The SMILES string of the molecule is N[C@H](CO)c1ccc2ncccc2c1. The number of rotatable bonds is 2. The van der Waals surface area contributed by atoms with Crippen LogP contribution in [0, 0.1) is 0 Å². The van der Waals surface area contributed by atoms with Crippen LogP contribution in [0.2, 0.25) is 0 Å². The standard InChI is InChI=1S/C11H12N2O/c12-10(7-14)8-3-4-11-9(6-8)2-1-5-13-11/h1-6,10,14H,7,12H2/t10-/m1/s1. The first-order valence-corrected chi connectivity index (χ1v) is 4.52. The van der Waals surface area contributed by atoms with Crippen LogP contribution in [0.3, 0.4) is 0 Å². The Hall–Kier alpha value is -1.45. The van der Waals surface area contributed by atoms with Crippen LogP contribution in [0.1, 0.15) is 11.6 Å². The number of nitrogens with zero attached hydrogens (tertiary/aromatic N) is 1. The summed E-state index contributed by atoms with van der Waals surface area (Å²) >= 11 is 0. The van der Waals surface area contributed by atoms with Gasteiger partial charge in [-0.25, -0.2) is 0 Å². The lowest BCUT2D eigenvalue weighted by Crippen LogP contribution is -2.14. The molecule has 3 N–H and O–H groups in total. The van der Waals surface area contributed by atoms with Crippen LogP contribution in [0.25, 0.3) is 10.9 Å². The van der Waals surface area contributed by atoms with E-state index in [1.165, 1.54) is 0 Å². The van der Waals surface area contributed by atoms with E-state index in [0.717, 1.165) is 16.5 Å². The van der Waals surface area contributed by atoms with Crippen LogP contribution in [-0.4, -0.2) is 16.7 Å². The monoisotopic (exact) mass is 188 g/mol. The van der Waals surface area contributed by atoms with Gasteiger partial charge in [0, 0.05) is 11.6 Å². The molecule has 3 nitrogen and oxygen atoms in total. The minimum absolute atomic E-state index is 0.0359. The number of aliphatic hydroxyl groups is 1. The molecule has 1 aromatic carbocycles. The molecular weight excluding hydrogens is 176 g/mol. The normalized spacial score (nSPS) is 13.0. The van der Waals surface area contributed by atoms with Crippen LogP contribution in [0.4, 0.5) is 0 Å². The van der Waals surface area contributed by atoms with E-state index in [4.69, 9.17) is 10.8 Å². The van der Waals surface area contributed by atoms with Gasteiger partial charge in [-0.1, -0.05) is 12.1 Å². The van der Waals surface area contributed by atoms with Crippen LogP contribution in [0.15, 0.2) is 36.5 Å². The van der Waals surface area contributed by atoms with Crippen LogP contribution < -0.4 is 5.73 Å². The summed E-state index contributed by atoms with van der Waals surface area (Å²) in [5, 5.41) is 9.97. The zero-order valence-electron chi connectivity index (χ0n) is 7.72. The fourth-order valence-corrected chi connectivity index (χ4v) is 1.43. The van der Waals surface area contributed by atoms with Gasteiger partial charge in [-0.2, -0.15) is 0 Å². The number of nitrogens with two attached hydrogens (primary N) is 1. The smallest absolute Gasteiger partial charge is 0.0702 e. The summed E-state index contributed by atoms with van der Waals surface area (Å²) in [6, 6.07) is 9.34. The molecule has 0 aliphatic carbocycles. The third-order valence-electron chi connectivity index (χ3n) is 2.25. The van der Waals surface area contributed by atoms with Gasteiger partial charge in [0.05, 0.1) is 18.2 Å². The number of benzene rings is 1. The van der Waals surface area contributed by atoms with Gasteiger partial charge in [0.25, 0.3) is 0 Å². The lowest BCUT2D eigenvalue weighted by atomic mass is 10.1. The Balaban J connectivity index is 2.51. The zero-order chi connectivity index (χ0) is 9.97. The van der Waals surface area contributed by atoms with Gasteiger partial charge < -0.3 is 10.8 Å². The number of aromatic nitrogens is 1. The molecule has 0 unspecified atom stereocenters. The molecule has 0 radical (unpaired) electrons. The van der Waals surface area contributed by atoms with Crippen LogP contribution in [-0.2, 0) is 0 Å². The van der Waals surface area contributed by atoms with Crippen molar-refractivity contribution in [1.82, 2.24) is 4.98 Å². The molecule has 1 heterocycles. The van der Waals surface area contributed by atoms with Gasteiger partial charge in [-0.15, -0.1) is 0 Å². The third kappa shape index (κ3) is 1.60. The average molecular weight is 188 g/mol. The quantitative estimate of drug-likeness (QED) is 0.745. The highest BCUT2D eigenvalue weighted by atomic mass is 16.3. The molecule has 0 saturated heterocycles. The molecule has 0 aliphatic rings. The molecule has 0 spiro atoms. The summed E-state index contributed by atoms with van der Waals surface area (Å²) in [7, 11) is 0. The summed E-state index contributed by atoms with van der Waals surface area (Å²) in [6.45, 7) is -0.0359. The summed E-state index contributed by atoms with van der Waals surface area (Å²) in [5.74, 6) is 0. The van der Waals surface area contributed by atoms with Crippen molar-refractivity contribution < 1.29 is 5.11 Å². The van der Waals surface area contributed by atoms with Gasteiger partial charge in [-0.3, -0.25) is 4.98 Å². The maximum absolute atomic E-state index is 8.92. The summed E-state index contributed by atoms with van der Waals surface area (Å²) < 4.78 is 0. The van der Waals surface area contributed by atoms with E-state index in [9.17, 15) is 0 Å². The van der Waals surface area contributed by atoms with Crippen molar-refractivity contribution in [3.8, 4) is 0 Å². The Labute approximate surface area is 82.2 Å².